The maximum Gasteiger partial charge on any atom is 0.0642 e. The summed E-state index contributed by atoms with van der Waals surface area (Å²) in [4.78, 5) is 2.41. The lowest BCUT2D eigenvalue weighted by Crippen LogP contribution is -2.36. The number of morpholine rings is 1. The number of hydrogen-bond donors (Lipinski definition) is 1. The van der Waals surface area contributed by atoms with Gasteiger partial charge in [0.1, 0.15) is 0 Å². The maximum atomic E-state index is 5.42. The summed E-state index contributed by atoms with van der Waals surface area (Å²) in [6, 6.07) is 8.62. The lowest BCUT2D eigenvalue weighted by molar-refractivity contribution is 0.123. The first-order valence-corrected chi connectivity index (χ1v) is 7.57. The average molecular weight is 262 g/mol. The van der Waals surface area contributed by atoms with Gasteiger partial charge in [-0.05, 0) is 18.6 Å². The number of unbranched alkanes of at least 4 members (excludes halogenated alkanes) is 3. The van der Waals surface area contributed by atoms with Crippen LogP contribution in [0.4, 0.5) is 11.4 Å². The molecule has 3 nitrogen and oxygen atoms in total. The van der Waals surface area contributed by atoms with Crippen molar-refractivity contribution < 1.29 is 4.74 Å². The van der Waals surface area contributed by atoms with E-state index in [1.54, 1.807) is 0 Å². The lowest BCUT2D eigenvalue weighted by Gasteiger charge is -2.30. The summed E-state index contributed by atoms with van der Waals surface area (Å²) in [6.07, 6.45) is 5.21. The van der Waals surface area contributed by atoms with Crippen LogP contribution in [0.25, 0.3) is 0 Å². The van der Waals surface area contributed by atoms with Gasteiger partial charge in [0.15, 0.2) is 0 Å². The number of para-hydroxylation sites is 2. The van der Waals surface area contributed by atoms with E-state index < -0.39 is 0 Å². The summed E-state index contributed by atoms with van der Waals surface area (Å²) in [6.45, 7) is 6.99. The molecule has 1 aromatic rings. The molecule has 0 amide bonds. The number of hydrogen-bond acceptors (Lipinski definition) is 3. The van der Waals surface area contributed by atoms with E-state index in [9.17, 15) is 0 Å². The number of ether oxygens (including phenoxy) is 1. The van der Waals surface area contributed by atoms with Gasteiger partial charge in [-0.2, -0.15) is 0 Å². The zero-order chi connectivity index (χ0) is 13.3. The minimum Gasteiger partial charge on any atom is -0.383 e. The van der Waals surface area contributed by atoms with Gasteiger partial charge in [-0.15, -0.1) is 0 Å². The molecule has 1 N–H and O–H groups in total. The molecule has 0 spiro atoms. The lowest BCUT2D eigenvalue weighted by atomic mass is 10.2. The molecule has 1 saturated heterocycles. The van der Waals surface area contributed by atoms with Gasteiger partial charge in [-0.25, -0.2) is 0 Å². The Morgan fingerprint density at radius 1 is 1.11 bits per heavy atom. The highest BCUT2D eigenvalue weighted by Gasteiger charge is 2.13. The fraction of sp³-hybridized carbons (Fsp3) is 0.625. The van der Waals surface area contributed by atoms with Gasteiger partial charge >= 0.3 is 0 Å². The Bertz CT molecular complexity index is 362. The Labute approximate surface area is 116 Å². The van der Waals surface area contributed by atoms with Crippen molar-refractivity contribution >= 4 is 11.4 Å². The molecule has 0 bridgehead atoms. The van der Waals surface area contributed by atoms with Crippen LogP contribution < -0.4 is 10.2 Å². The molecule has 0 radical (unpaired) electrons. The molecule has 1 heterocycles. The van der Waals surface area contributed by atoms with Crippen LogP contribution in [0.2, 0.25) is 0 Å². The Morgan fingerprint density at radius 3 is 2.68 bits per heavy atom. The molecular weight excluding hydrogens is 236 g/mol. The highest BCUT2D eigenvalue weighted by atomic mass is 16.5. The van der Waals surface area contributed by atoms with Crippen molar-refractivity contribution in [2.45, 2.75) is 32.6 Å². The van der Waals surface area contributed by atoms with Crippen molar-refractivity contribution in [1.82, 2.24) is 0 Å². The number of nitrogens with one attached hydrogen (secondary N) is 1. The van der Waals surface area contributed by atoms with Crippen LogP contribution in [0.1, 0.15) is 32.6 Å². The third-order valence-electron chi connectivity index (χ3n) is 3.60. The normalized spacial score (nSPS) is 15.5. The largest absolute Gasteiger partial charge is 0.383 e. The van der Waals surface area contributed by atoms with Crippen LogP contribution in [0.15, 0.2) is 24.3 Å². The number of benzene rings is 1. The van der Waals surface area contributed by atoms with E-state index in [4.69, 9.17) is 4.74 Å². The van der Waals surface area contributed by atoms with Crippen LogP contribution in [-0.4, -0.2) is 32.8 Å². The maximum absolute atomic E-state index is 5.42. The molecule has 106 valence electrons. The van der Waals surface area contributed by atoms with Crippen LogP contribution >= 0.6 is 0 Å². The van der Waals surface area contributed by atoms with Gasteiger partial charge in [0.25, 0.3) is 0 Å². The predicted octanol–water partition coefficient (Wildman–Crippen LogP) is 3.52. The zero-order valence-electron chi connectivity index (χ0n) is 12.0. The molecule has 1 aliphatic rings. The molecule has 0 aliphatic carbocycles. The zero-order valence-corrected chi connectivity index (χ0v) is 12.0. The van der Waals surface area contributed by atoms with E-state index in [-0.39, 0.29) is 0 Å². The summed E-state index contributed by atoms with van der Waals surface area (Å²) in [5.41, 5.74) is 2.59. The molecule has 0 unspecified atom stereocenters. The summed E-state index contributed by atoms with van der Waals surface area (Å²) >= 11 is 0. The van der Waals surface area contributed by atoms with Crippen molar-refractivity contribution in [2.75, 3.05) is 43.1 Å². The molecule has 1 fully saturated rings. The van der Waals surface area contributed by atoms with Crippen LogP contribution in [0.5, 0.6) is 0 Å². The first-order chi connectivity index (χ1) is 9.42. The molecule has 1 aromatic carbocycles. The van der Waals surface area contributed by atoms with Gasteiger partial charge < -0.3 is 15.0 Å². The Hall–Kier alpha value is -1.22. The number of rotatable bonds is 7. The first kappa shape index (κ1) is 14.2. The second-order valence-electron chi connectivity index (χ2n) is 5.10. The van der Waals surface area contributed by atoms with Gasteiger partial charge in [0, 0.05) is 19.6 Å². The molecule has 0 saturated carbocycles. The standard InChI is InChI=1S/C16H26N2O/c1-2-3-4-7-10-17-15-8-5-6-9-16(15)18-11-13-19-14-12-18/h5-6,8-9,17H,2-4,7,10-14H2,1H3. The predicted molar refractivity (Wildman–Crippen MR) is 82.1 cm³/mol. The summed E-state index contributed by atoms with van der Waals surface area (Å²) in [5, 5.41) is 3.59. The topological polar surface area (TPSA) is 24.5 Å². The monoisotopic (exact) mass is 262 g/mol. The summed E-state index contributed by atoms with van der Waals surface area (Å²) < 4.78 is 5.42. The summed E-state index contributed by atoms with van der Waals surface area (Å²) in [7, 11) is 0. The molecular formula is C16H26N2O. The fourth-order valence-electron chi connectivity index (χ4n) is 2.48. The average Bonchev–Trinajstić information content (AvgIpc) is 2.48. The highest BCUT2D eigenvalue weighted by Crippen LogP contribution is 2.26. The Balaban J connectivity index is 1.88. The fourth-order valence-corrected chi connectivity index (χ4v) is 2.48. The molecule has 0 aromatic heterocycles. The van der Waals surface area contributed by atoms with Crippen LogP contribution in [0.3, 0.4) is 0 Å². The van der Waals surface area contributed by atoms with Crippen LogP contribution in [-0.2, 0) is 4.74 Å². The molecule has 3 heteroatoms. The van der Waals surface area contributed by atoms with Crippen molar-refractivity contribution in [2.24, 2.45) is 0 Å². The second kappa shape index (κ2) is 8.05. The van der Waals surface area contributed by atoms with E-state index in [0.717, 1.165) is 32.8 Å². The molecule has 2 rings (SSSR count). The van der Waals surface area contributed by atoms with Gasteiger partial charge in [0.05, 0.1) is 24.6 Å². The molecule has 1 aliphatic heterocycles. The molecule has 0 atom stereocenters. The van der Waals surface area contributed by atoms with Crippen molar-refractivity contribution in [3.8, 4) is 0 Å². The van der Waals surface area contributed by atoms with Gasteiger partial charge in [-0.1, -0.05) is 38.3 Å². The minimum atomic E-state index is 0.838. The number of anilines is 2. The van der Waals surface area contributed by atoms with Crippen molar-refractivity contribution in [1.29, 1.82) is 0 Å². The van der Waals surface area contributed by atoms with E-state index in [2.05, 4.69) is 41.4 Å². The Morgan fingerprint density at radius 2 is 1.89 bits per heavy atom. The highest BCUT2D eigenvalue weighted by molar-refractivity contribution is 5.70. The van der Waals surface area contributed by atoms with Crippen molar-refractivity contribution in [3.05, 3.63) is 24.3 Å². The quantitative estimate of drug-likeness (QED) is 0.761. The summed E-state index contributed by atoms with van der Waals surface area (Å²) in [5.74, 6) is 0. The third kappa shape index (κ3) is 4.43. The minimum absolute atomic E-state index is 0.838. The van der Waals surface area contributed by atoms with E-state index in [1.165, 1.54) is 37.1 Å². The van der Waals surface area contributed by atoms with Gasteiger partial charge in [-0.3, -0.25) is 0 Å². The first-order valence-electron chi connectivity index (χ1n) is 7.57. The number of nitrogens with zero attached hydrogens (tertiary/aromatic N) is 1. The second-order valence-corrected chi connectivity index (χ2v) is 5.10. The van der Waals surface area contributed by atoms with E-state index in [1.807, 2.05) is 0 Å². The third-order valence-corrected chi connectivity index (χ3v) is 3.60. The van der Waals surface area contributed by atoms with Gasteiger partial charge in [0.2, 0.25) is 0 Å². The molecule has 19 heavy (non-hydrogen) atoms. The van der Waals surface area contributed by atoms with Crippen molar-refractivity contribution in [3.63, 3.8) is 0 Å². The van der Waals surface area contributed by atoms with E-state index in [0.29, 0.717) is 0 Å². The van der Waals surface area contributed by atoms with Crippen LogP contribution in [0, 0.1) is 0 Å². The van der Waals surface area contributed by atoms with E-state index >= 15 is 0 Å². The Kier molecular flexibility index (Phi) is 6.02. The smallest absolute Gasteiger partial charge is 0.0642 e. The SMILES string of the molecule is CCCCCCNc1ccccc1N1CCOCC1.